The average Bonchev–Trinajstić information content (AvgIpc) is 2.71. The minimum absolute atomic E-state index is 0.00521. The Hall–Kier alpha value is -1.98. The molecule has 2 atom stereocenters. The number of amides is 2. The van der Waals surface area contributed by atoms with E-state index in [1.54, 1.807) is 11.9 Å². The predicted octanol–water partition coefficient (Wildman–Crippen LogP) is 4.03. The number of piperidine rings is 1. The molecule has 0 saturated carbocycles. The van der Waals surface area contributed by atoms with Gasteiger partial charge >= 0.3 is 0 Å². The normalized spacial score (nSPS) is 17.3. The lowest BCUT2D eigenvalue weighted by atomic mass is 9.84. The van der Waals surface area contributed by atoms with Gasteiger partial charge < -0.3 is 9.80 Å². The van der Waals surface area contributed by atoms with E-state index in [1.807, 2.05) is 25.7 Å². The third kappa shape index (κ3) is 5.30. The van der Waals surface area contributed by atoms with Crippen LogP contribution < -0.4 is 0 Å². The molecule has 1 aliphatic heterocycles. The van der Waals surface area contributed by atoms with Gasteiger partial charge in [-0.25, -0.2) is 8.78 Å². The van der Waals surface area contributed by atoms with Gasteiger partial charge in [0.2, 0.25) is 11.8 Å². The monoisotopic (exact) mass is 394 g/mol. The molecule has 0 radical (unpaired) electrons. The van der Waals surface area contributed by atoms with Crippen LogP contribution in [-0.4, -0.2) is 47.8 Å². The van der Waals surface area contributed by atoms with Crippen molar-refractivity contribution in [3.8, 4) is 0 Å². The van der Waals surface area contributed by atoms with E-state index in [0.717, 1.165) is 25.3 Å². The number of hydrogen-bond donors (Lipinski definition) is 0. The second kappa shape index (κ2) is 9.99. The molecule has 0 unspecified atom stereocenters. The fourth-order valence-corrected chi connectivity index (χ4v) is 3.96. The van der Waals surface area contributed by atoms with E-state index in [9.17, 15) is 18.4 Å². The number of nitrogens with zero attached hydrogens (tertiary/aromatic N) is 2. The molecule has 0 spiro atoms. The topological polar surface area (TPSA) is 40.6 Å². The van der Waals surface area contributed by atoms with Crippen LogP contribution in [-0.2, 0) is 16.0 Å². The zero-order valence-electron chi connectivity index (χ0n) is 17.4. The molecule has 2 amide bonds. The molecule has 4 nitrogen and oxygen atoms in total. The van der Waals surface area contributed by atoms with Gasteiger partial charge in [0.1, 0.15) is 11.6 Å². The highest BCUT2D eigenvalue weighted by atomic mass is 19.1. The first-order valence-electron chi connectivity index (χ1n) is 10.3. The zero-order valence-corrected chi connectivity index (χ0v) is 17.4. The smallest absolute Gasteiger partial charge is 0.225 e. The molecule has 1 fully saturated rings. The van der Waals surface area contributed by atoms with Crippen molar-refractivity contribution in [1.82, 2.24) is 9.80 Å². The number of halogens is 2. The maximum Gasteiger partial charge on any atom is 0.225 e. The minimum atomic E-state index is -0.604. The van der Waals surface area contributed by atoms with E-state index >= 15 is 0 Å². The van der Waals surface area contributed by atoms with E-state index in [-0.39, 0.29) is 29.7 Å². The van der Waals surface area contributed by atoms with Crippen LogP contribution in [0.5, 0.6) is 0 Å². The molecule has 156 valence electrons. The number of benzene rings is 1. The second-order valence-electron chi connectivity index (χ2n) is 7.84. The molecule has 6 heteroatoms. The van der Waals surface area contributed by atoms with Gasteiger partial charge in [0.15, 0.2) is 0 Å². The number of rotatable bonds is 7. The molecule has 0 bridgehead atoms. The van der Waals surface area contributed by atoms with Gasteiger partial charge in [-0.3, -0.25) is 9.59 Å². The molecule has 1 heterocycles. The Morgan fingerprint density at radius 1 is 1.21 bits per heavy atom. The average molecular weight is 395 g/mol. The standard InChI is InChI=1S/C22H32F2N2O2/c1-5-15(3)22(28)26-11-9-16(10-12-26)20(25(4)21(27)6-2)13-17-7-8-18(23)14-19(17)24/h7-8,14-16,20H,5-6,9-13H2,1-4H3/t15-,20-/m1/s1. The lowest BCUT2D eigenvalue weighted by molar-refractivity contribution is -0.138. The Bertz CT molecular complexity index is 687. The predicted molar refractivity (Wildman–Crippen MR) is 106 cm³/mol. The SMILES string of the molecule is CCC(=O)N(C)[C@H](Cc1ccc(F)cc1F)C1CCN(C(=O)[C@H](C)CC)CC1. The fourth-order valence-electron chi connectivity index (χ4n) is 3.96. The highest BCUT2D eigenvalue weighted by molar-refractivity contribution is 5.78. The van der Waals surface area contributed by atoms with Crippen LogP contribution >= 0.6 is 0 Å². The first kappa shape index (κ1) is 22.3. The van der Waals surface area contributed by atoms with Crippen molar-refractivity contribution in [3.05, 3.63) is 35.4 Å². The van der Waals surface area contributed by atoms with E-state index in [4.69, 9.17) is 0 Å². The molecule has 1 saturated heterocycles. The first-order chi connectivity index (χ1) is 13.3. The van der Waals surface area contributed by atoms with Crippen molar-refractivity contribution in [3.63, 3.8) is 0 Å². The third-order valence-corrected chi connectivity index (χ3v) is 6.07. The summed E-state index contributed by atoms with van der Waals surface area (Å²) in [5.74, 6) is -0.805. The molecule has 1 aromatic rings. The minimum Gasteiger partial charge on any atom is -0.342 e. The summed E-state index contributed by atoms with van der Waals surface area (Å²) in [5, 5.41) is 0. The number of carbonyl (C=O) groups excluding carboxylic acids is 2. The summed E-state index contributed by atoms with van der Waals surface area (Å²) >= 11 is 0. The summed E-state index contributed by atoms with van der Waals surface area (Å²) in [6.45, 7) is 7.08. The third-order valence-electron chi connectivity index (χ3n) is 6.07. The Kier molecular flexibility index (Phi) is 7.96. The summed E-state index contributed by atoms with van der Waals surface area (Å²) in [6, 6.07) is 3.43. The fraction of sp³-hybridized carbons (Fsp3) is 0.636. The van der Waals surface area contributed by atoms with Gasteiger partial charge in [-0.05, 0) is 43.2 Å². The van der Waals surface area contributed by atoms with E-state index in [0.29, 0.717) is 31.5 Å². The molecule has 2 rings (SSSR count). The van der Waals surface area contributed by atoms with Crippen LogP contribution in [0, 0.1) is 23.5 Å². The summed E-state index contributed by atoms with van der Waals surface area (Å²) in [4.78, 5) is 28.4. The van der Waals surface area contributed by atoms with Crippen molar-refractivity contribution in [2.45, 2.75) is 58.9 Å². The van der Waals surface area contributed by atoms with Crippen molar-refractivity contribution in [2.75, 3.05) is 20.1 Å². The maximum absolute atomic E-state index is 14.2. The maximum atomic E-state index is 14.2. The Morgan fingerprint density at radius 3 is 2.39 bits per heavy atom. The van der Waals surface area contributed by atoms with Crippen LogP contribution in [0.1, 0.15) is 52.0 Å². The molecule has 28 heavy (non-hydrogen) atoms. The molecule has 0 aromatic heterocycles. The highest BCUT2D eigenvalue weighted by Crippen LogP contribution is 2.28. The number of likely N-dealkylation sites (N-methyl/N-ethyl adjacent to an activating group) is 1. The van der Waals surface area contributed by atoms with Crippen LogP contribution in [0.4, 0.5) is 8.78 Å². The van der Waals surface area contributed by atoms with Crippen molar-refractivity contribution in [2.24, 2.45) is 11.8 Å². The Labute approximate surface area is 166 Å². The zero-order chi connectivity index (χ0) is 20.8. The van der Waals surface area contributed by atoms with Gasteiger partial charge in [0.25, 0.3) is 0 Å². The van der Waals surface area contributed by atoms with Crippen LogP contribution in [0.3, 0.4) is 0 Å². The molecular formula is C22H32F2N2O2. The number of likely N-dealkylation sites (tertiary alicyclic amines) is 1. The molecule has 0 N–H and O–H groups in total. The van der Waals surface area contributed by atoms with E-state index < -0.39 is 11.6 Å². The number of carbonyl (C=O) groups is 2. The van der Waals surface area contributed by atoms with Crippen molar-refractivity contribution in [1.29, 1.82) is 0 Å². The Balaban J connectivity index is 2.14. The van der Waals surface area contributed by atoms with Crippen LogP contribution in [0.15, 0.2) is 18.2 Å². The van der Waals surface area contributed by atoms with Gasteiger partial charge in [0.05, 0.1) is 0 Å². The lowest BCUT2D eigenvalue weighted by Gasteiger charge is -2.40. The quantitative estimate of drug-likeness (QED) is 0.701. The number of hydrogen-bond acceptors (Lipinski definition) is 2. The summed E-state index contributed by atoms with van der Waals surface area (Å²) in [5.41, 5.74) is 0.417. The van der Waals surface area contributed by atoms with Gasteiger partial charge in [-0.1, -0.05) is 26.8 Å². The Morgan fingerprint density at radius 2 is 1.86 bits per heavy atom. The van der Waals surface area contributed by atoms with Crippen LogP contribution in [0.25, 0.3) is 0 Å². The van der Waals surface area contributed by atoms with Crippen molar-refractivity contribution >= 4 is 11.8 Å². The van der Waals surface area contributed by atoms with Gasteiger partial charge in [-0.2, -0.15) is 0 Å². The summed E-state index contributed by atoms with van der Waals surface area (Å²) in [6.07, 6.45) is 3.09. The highest BCUT2D eigenvalue weighted by Gasteiger charge is 2.33. The van der Waals surface area contributed by atoms with E-state index in [2.05, 4.69) is 0 Å². The largest absolute Gasteiger partial charge is 0.342 e. The van der Waals surface area contributed by atoms with Crippen LogP contribution in [0.2, 0.25) is 0 Å². The summed E-state index contributed by atoms with van der Waals surface area (Å²) < 4.78 is 27.5. The molecule has 1 aromatic carbocycles. The van der Waals surface area contributed by atoms with E-state index in [1.165, 1.54) is 12.1 Å². The van der Waals surface area contributed by atoms with Crippen molar-refractivity contribution < 1.29 is 18.4 Å². The van der Waals surface area contributed by atoms with Gasteiger partial charge in [-0.15, -0.1) is 0 Å². The van der Waals surface area contributed by atoms with Gasteiger partial charge in [0, 0.05) is 44.6 Å². The molecule has 1 aliphatic rings. The summed E-state index contributed by atoms with van der Waals surface area (Å²) in [7, 11) is 1.76. The lowest BCUT2D eigenvalue weighted by Crippen LogP contribution is -2.49. The second-order valence-corrected chi connectivity index (χ2v) is 7.84. The molecule has 0 aliphatic carbocycles. The molecular weight excluding hydrogens is 362 g/mol. The first-order valence-corrected chi connectivity index (χ1v) is 10.3.